The van der Waals surface area contributed by atoms with E-state index in [1.807, 2.05) is 48.5 Å². The minimum Gasteiger partial charge on any atom is -0.481 e. The largest absolute Gasteiger partial charge is 0.481 e. The molecule has 0 radical (unpaired) electrons. The van der Waals surface area contributed by atoms with Crippen molar-refractivity contribution in [2.45, 2.75) is 25.8 Å². The van der Waals surface area contributed by atoms with Crippen LogP contribution in [0.25, 0.3) is 0 Å². The summed E-state index contributed by atoms with van der Waals surface area (Å²) in [5, 5.41) is 11.4. The van der Waals surface area contributed by atoms with E-state index in [9.17, 15) is 14.4 Å². The monoisotopic (exact) mass is 1430 g/mol. The van der Waals surface area contributed by atoms with Crippen molar-refractivity contribution in [1.82, 2.24) is 5.32 Å². The Morgan fingerprint density at radius 1 is 0.290 bits per heavy atom. The Bertz CT molecular complexity index is 2230. The molecule has 0 aromatic heterocycles. The first-order chi connectivity index (χ1) is 49.5. The van der Waals surface area contributed by atoms with Gasteiger partial charge in [-0.15, -0.1) is 0 Å². The summed E-state index contributed by atoms with van der Waals surface area (Å²) in [6.45, 7) is 22.3. The number of carboxylic acid groups (broad SMARTS) is 1. The Balaban J connectivity index is 0.864. The van der Waals surface area contributed by atoms with Gasteiger partial charge < -0.3 is 129 Å². The lowest BCUT2D eigenvalue weighted by Crippen LogP contribution is -2.34. The van der Waals surface area contributed by atoms with Crippen molar-refractivity contribution in [2.75, 3.05) is 329 Å². The maximum absolute atomic E-state index is 13.3. The van der Waals surface area contributed by atoms with Gasteiger partial charge in [0, 0.05) is 30.5 Å². The zero-order chi connectivity index (χ0) is 70.8. The number of hydrogen-bond acceptors (Lipinski definition) is 27. The van der Waals surface area contributed by atoms with Gasteiger partial charge in [0.05, 0.1) is 336 Å². The van der Waals surface area contributed by atoms with Gasteiger partial charge >= 0.3 is 5.97 Å². The second kappa shape index (κ2) is 71.4. The van der Waals surface area contributed by atoms with Crippen LogP contribution in [0.3, 0.4) is 0 Å². The van der Waals surface area contributed by atoms with E-state index in [1.165, 1.54) is 0 Å². The summed E-state index contributed by atoms with van der Waals surface area (Å²) in [5.41, 5.74) is 3.38. The van der Waals surface area contributed by atoms with Crippen molar-refractivity contribution in [3.8, 4) is 11.8 Å². The van der Waals surface area contributed by atoms with Crippen LogP contribution < -0.4 is 10.2 Å². The van der Waals surface area contributed by atoms with E-state index in [-0.39, 0.29) is 37.7 Å². The molecule has 2 aromatic carbocycles. The summed E-state index contributed by atoms with van der Waals surface area (Å²) in [6, 6.07) is 15.4. The van der Waals surface area contributed by atoms with Crippen LogP contribution in [-0.4, -0.2) is 347 Å². The molecule has 1 aliphatic rings. The van der Waals surface area contributed by atoms with Gasteiger partial charge in [-0.25, -0.2) is 0 Å². The maximum atomic E-state index is 13.3. The summed E-state index contributed by atoms with van der Waals surface area (Å²) >= 11 is 0. The average molecular weight is 1430 g/mol. The molecule has 0 unspecified atom stereocenters. The maximum Gasteiger partial charge on any atom is 0.305 e. The van der Waals surface area contributed by atoms with Crippen molar-refractivity contribution in [2.24, 2.45) is 0 Å². The molecule has 0 saturated heterocycles. The SMILES string of the molecule is O=C(O)CCOCCOCCOCCOCCOCCOCCOCCOCCOCCOCCOCCOCCOCCOCCOCCOCCOCCOCCOCCOCCOCCOCCOCCOCCNC(=O)CCC(=O)N1Cc2ccccc2C#Cc2ccccc21. The standard InChI is InChI=1S/C70H116N2O28/c73-68(11-12-69(74)72-63-66-7-2-1-5-64(66)9-10-65-6-3-4-8-67(65)72)71-14-16-78-18-20-80-22-24-82-26-28-84-30-32-86-34-36-88-38-40-90-42-44-92-46-48-94-50-52-96-54-56-98-58-60-100-62-61-99-59-57-97-55-53-95-51-49-93-47-45-91-43-41-89-39-37-87-35-33-85-31-29-83-27-25-81-23-21-79-19-17-77-15-13-70(75)76/h1-8H,11-63H2,(H,71,73)(H,75,76). The second-order valence-electron chi connectivity index (χ2n) is 21.1. The number of rotatable bonds is 78. The van der Waals surface area contributed by atoms with Gasteiger partial charge in [0.25, 0.3) is 0 Å². The zero-order valence-electron chi connectivity index (χ0n) is 59.0. The number of amides is 2. The number of hydrogen-bond donors (Lipinski definition) is 2. The molecular weight excluding hydrogens is 1320 g/mol. The van der Waals surface area contributed by atoms with Crippen molar-refractivity contribution in [1.29, 1.82) is 0 Å². The van der Waals surface area contributed by atoms with E-state index < -0.39 is 5.97 Å². The molecule has 30 nitrogen and oxygen atoms in total. The van der Waals surface area contributed by atoms with E-state index in [0.29, 0.717) is 324 Å². The number of carbonyl (C=O) groups is 3. The molecule has 0 bridgehead atoms. The van der Waals surface area contributed by atoms with Gasteiger partial charge in [-0.3, -0.25) is 14.4 Å². The number of aliphatic carboxylic acids is 1. The highest BCUT2D eigenvalue weighted by Gasteiger charge is 2.22. The minimum absolute atomic E-state index is 0.0123. The Hall–Kier alpha value is -4.55. The third kappa shape index (κ3) is 57.9. The fraction of sp³-hybridized carbons (Fsp3) is 0.757. The number of carboxylic acids is 1. The molecule has 1 heterocycles. The molecule has 3 rings (SSSR count). The molecule has 0 atom stereocenters. The molecule has 30 heteroatoms. The van der Waals surface area contributed by atoms with Gasteiger partial charge in [-0.1, -0.05) is 42.2 Å². The van der Waals surface area contributed by atoms with Gasteiger partial charge in [0.2, 0.25) is 11.8 Å². The van der Waals surface area contributed by atoms with Crippen molar-refractivity contribution in [3.63, 3.8) is 0 Å². The van der Waals surface area contributed by atoms with Crippen LogP contribution in [-0.2, 0) is 135 Å². The molecular formula is C70H116N2O28. The highest BCUT2D eigenvalue weighted by Crippen LogP contribution is 2.26. The first-order valence-corrected chi connectivity index (χ1v) is 34.9. The van der Waals surface area contributed by atoms with Gasteiger partial charge in [0.1, 0.15) is 0 Å². The summed E-state index contributed by atoms with van der Waals surface area (Å²) in [7, 11) is 0. The number of ether oxygens (including phenoxy) is 24. The second-order valence-corrected chi connectivity index (χ2v) is 21.1. The molecule has 2 aromatic rings. The van der Waals surface area contributed by atoms with E-state index in [1.54, 1.807) is 4.90 Å². The van der Waals surface area contributed by atoms with Gasteiger partial charge in [-0.05, 0) is 23.8 Å². The number of carbonyl (C=O) groups excluding carboxylic acids is 2. The number of benzene rings is 2. The normalized spacial score (nSPS) is 11.9. The third-order valence-electron chi connectivity index (χ3n) is 13.3. The zero-order valence-corrected chi connectivity index (χ0v) is 59.0. The van der Waals surface area contributed by atoms with Crippen LogP contribution in [0, 0.1) is 11.8 Å². The molecule has 0 saturated carbocycles. The molecule has 0 aliphatic carbocycles. The Morgan fingerprint density at radius 2 is 0.520 bits per heavy atom. The topological polar surface area (TPSA) is 308 Å². The summed E-state index contributed by atoms with van der Waals surface area (Å²) in [4.78, 5) is 38.0. The summed E-state index contributed by atoms with van der Waals surface area (Å²) < 4.78 is 132. The van der Waals surface area contributed by atoms with Crippen molar-refractivity contribution >= 4 is 23.5 Å². The Kier molecular flexibility index (Phi) is 64.1. The summed E-state index contributed by atoms with van der Waals surface area (Å²) in [6.07, 6.45) is 0.143. The van der Waals surface area contributed by atoms with Crippen LogP contribution in [0.4, 0.5) is 5.69 Å². The fourth-order valence-corrected chi connectivity index (χ4v) is 8.23. The fourth-order valence-electron chi connectivity index (χ4n) is 8.23. The van der Waals surface area contributed by atoms with Crippen LogP contribution in [0.2, 0.25) is 0 Å². The van der Waals surface area contributed by atoms with Crippen molar-refractivity contribution < 1.29 is 133 Å². The first-order valence-electron chi connectivity index (χ1n) is 34.9. The Labute approximate surface area is 591 Å². The predicted octanol–water partition coefficient (Wildman–Crippen LogP) is 2.70. The first kappa shape index (κ1) is 89.7. The summed E-state index contributed by atoms with van der Waals surface area (Å²) in [5.74, 6) is 5.18. The molecule has 0 fully saturated rings. The van der Waals surface area contributed by atoms with Crippen molar-refractivity contribution in [3.05, 3.63) is 65.2 Å². The third-order valence-corrected chi connectivity index (χ3v) is 13.3. The highest BCUT2D eigenvalue weighted by atomic mass is 16.6. The van der Waals surface area contributed by atoms with E-state index in [4.69, 9.17) is 119 Å². The van der Waals surface area contributed by atoms with Gasteiger partial charge in [-0.2, -0.15) is 0 Å². The molecule has 1 aliphatic heterocycles. The minimum atomic E-state index is -0.882. The lowest BCUT2D eigenvalue weighted by molar-refractivity contribution is -0.138. The molecule has 2 N–H and O–H groups in total. The number of fused-ring (bicyclic) bond motifs is 2. The number of nitrogens with one attached hydrogen (secondary N) is 1. The smallest absolute Gasteiger partial charge is 0.305 e. The molecule has 0 spiro atoms. The quantitative estimate of drug-likeness (QED) is 0.0710. The lowest BCUT2D eigenvalue weighted by Gasteiger charge is -2.26. The molecule has 574 valence electrons. The lowest BCUT2D eigenvalue weighted by atomic mass is 10.0. The Morgan fingerprint density at radius 3 is 0.800 bits per heavy atom. The van der Waals surface area contributed by atoms with E-state index in [0.717, 1.165) is 22.4 Å². The molecule has 2 amide bonds. The van der Waals surface area contributed by atoms with Crippen LogP contribution in [0.5, 0.6) is 0 Å². The van der Waals surface area contributed by atoms with E-state index >= 15 is 0 Å². The average Bonchev–Trinajstić information content (AvgIpc) is 0.808. The van der Waals surface area contributed by atoms with Crippen LogP contribution >= 0.6 is 0 Å². The van der Waals surface area contributed by atoms with Crippen LogP contribution in [0.1, 0.15) is 36.0 Å². The number of nitrogens with zero attached hydrogens (tertiary/aromatic N) is 1. The van der Waals surface area contributed by atoms with Crippen LogP contribution in [0.15, 0.2) is 48.5 Å². The van der Waals surface area contributed by atoms with E-state index in [2.05, 4.69) is 17.2 Å². The predicted molar refractivity (Wildman–Crippen MR) is 364 cm³/mol. The van der Waals surface area contributed by atoms with Gasteiger partial charge in [0.15, 0.2) is 0 Å². The number of para-hydroxylation sites is 1. The highest BCUT2D eigenvalue weighted by molar-refractivity contribution is 5.97. The number of anilines is 1. The molecule has 100 heavy (non-hydrogen) atoms.